The quantitative estimate of drug-likeness (QED) is 0.0272. The Balaban J connectivity index is 4.19. The summed E-state index contributed by atoms with van der Waals surface area (Å²) in [7, 11) is 1.22. The predicted molar refractivity (Wildman–Crippen MR) is 357 cm³/mol. The molecule has 0 aliphatic carbocycles. The van der Waals surface area contributed by atoms with Crippen molar-refractivity contribution in [3.05, 3.63) is 109 Å². The number of aliphatic hydroxyl groups excluding tert-OH is 1. The van der Waals surface area contributed by atoms with Crippen molar-refractivity contribution >= 4 is 13.7 Å². The maximum absolute atomic E-state index is 13.0. The van der Waals surface area contributed by atoms with E-state index in [9.17, 15) is 19.4 Å². The number of carbonyl (C=O) groups excluding carboxylic acids is 1. The number of unbranched alkanes of at least 4 members (excludes halogenated alkanes) is 33. The van der Waals surface area contributed by atoms with Crippen molar-refractivity contribution < 1.29 is 32.9 Å². The molecule has 82 heavy (non-hydrogen) atoms. The van der Waals surface area contributed by atoms with Crippen LogP contribution in [0.1, 0.15) is 296 Å². The Morgan fingerprint density at radius 1 is 0.439 bits per heavy atom. The zero-order chi connectivity index (χ0) is 59.8. The predicted octanol–water partition coefficient (Wildman–Crippen LogP) is 21.2. The largest absolute Gasteiger partial charge is 0.756 e. The van der Waals surface area contributed by atoms with Gasteiger partial charge in [0.15, 0.2) is 0 Å². The molecule has 0 fully saturated rings. The summed E-state index contributed by atoms with van der Waals surface area (Å²) in [6, 6.07) is -0.922. The fourth-order valence-corrected chi connectivity index (χ4v) is 10.4. The van der Waals surface area contributed by atoms with Crippen LogP contribution in [-0.4, -0.2) is 68.5 Å². The van der Waals surface area contributed by atoms with Crippen molar-refractivity contribution in [1.29, 1.82) is 0 Å². The lowest BCUT2D eigenvalue weighted by Crippen LogP contribution is -2.45. The first-order chi connectivity index (χ1) is 40.0. The highest BCUT2D eigenvalue weighted by molar-refractivity contribution is 7.45. The smallest absolute Gasteiger partial charge is 0.268 e. The van der Waals surface area contributed by atoms with Gasteiger partial charge in [-0.15, -0.1) is 0 Å². The monoisotopic (exact) mass is 1160 g/mol. The first-order valence-corrected chi connectivity index (χ1v) is 35.7. The first kappa shape index (κ1) is 79.2. The zero-order valence-electron chi connectivity index (χ0n) is 54.2. The number of carbonyl (C=O) groups is 1. The highest BCUT2D eigenvalue weighted by atomic mass is 31.2. The van der Waals surface area contributed by atoms with Gasteiger partial charge in [-0.3, -0.25) is 9.36 Å². The maximum atomic E-state index is 13.0. The fourth-order valence-electron chi connectivity index (χ4n) is 9.66. The molecule has 0 aromatic carbocycles. The van der Waals surface area contributed by atoms with E-state index in [1.54, 1.807) is 6.08 Å². The van der Waals surface area contributed by atoms with Crippen molar-refractivity contribution in [2.24, 2.45) is 0 Å². The van der Waals surface area contributed by atoms with Crippen LogP contribution in [0.15, 0.2) is 109 Å². The standard InChI is InChI=1S/C73H131N2O6P/c1-6-8-10-12-14-16-18-20-22-24-26-28-30-32-34-36-37-39-40-42-44-46-48-50-52-54-56-58-60-62-64-66-72(76)71(70-81-82(78,79)80-69-68-75(3,4)5)74-73(77)67-65-63-61-59-57-55-53-51-49-47-45-43-41-38-35-33-31-29-27-25-23-21-19-17-15-13-11-9-7-2/h9,11,15,17,21,23,27,29,33,35,41,43,48,50,56,58,64,66,71-72,76H,6-8,10,12-14,16,18-20,22,24-26,28,30-32,34,36-40,42,44-47,49,51-55,57,59-63,65,67-70H2,1-5H3,(H-,74,77,78,79)/b11-9-,17-15-,23-21-,29-27-,35-33-,43-41-,50-48+,58-56+,66-64+. The van der Waals surface area contributed by atoms with Crippen LogP contribution in [0.5, 0.6) is 0 Å². The number of likely N-dealkylation sites (N-methyl/N-ethyl adjacent to an activating group) is 1. The molecule has 9 heteroatoms. The second kappa shape index (κ2) is 62.7. The molecule has 0 saturated heterocycles. The molecule has 0 aromatic rings. The summed E-state index contributed by atoms with van der Waals surface area (Å²) in [6.45, 7) is 4.52. The number of nitrogens with one attached hydrogen (secondary N) is 1. The average molecular weight is 1160 g/mol. The summed E-state index contributed by atoms with van der Waals surface area (Å²) in [5.74, 6) is -0.218. The number of phosphoric ester groups is 1. The van der Waals surface area contributed by atoms with Gasteiger partial charge in [0.25, 0.3) is 7.82 Å². The SMILES string of the molecule is CC/C=C\C/C=C\C/C=C\C/C=C\C/C=C\C/C=C\CCCCCCCCCCCCC(=O)NC(COP(=O)([O-])OCC[N+](C)(C)C)C(O)/C=C/CC/C=C/CC/C=C/CCCCCCCCCCCCCCCCCCCCCCC. The number of quaternary nitrogens is 1. The summed E-state index contributed by atoms with van der Waals surface area (Å²) in [4.78, 5) is 25.6. The second-order valence-electron chi connectivity index (χ2n) is 24.1. The van der Waals surface area contributed by atoms with Crippen LogP contribution < -0.4 is 10.2 Å². The lowest BCUT2D eigenvalue weighted by atomic mass is 10.0. The van der Waals surface area contributed by atoms with Crippen molar-refractivity contribution in [3.63, 3.8) is 0 Å². The van der Waals surface area contributed by atoms with Crippen molar-refractivity contribution in [1.82, 2.24) is 5.32 Å². The molecule has 1 amide bonds. The Hall–Kier alpha value is -2.84. The molecular weight excluding hydrogens is 1030 g/mol. The summed E-state index contributed by atoms with van der Waals surface area (Å²) in [6.07, 6.45) is 92.1. The van der Waals surface area contributed by atoms with E-state index < -0.39 is 26.6 Å². The van der Waals surface area contributed by atoms with Crippen LogP contribution in [0.3, 0.4) is 0 Å². The van der Waals surface area contributed by atoms with E-state index in [4.69, 9.17) is 9.05 Å². The van der Waals surface area contributed by atoms with E-state index in [0.29, 0.717) is 17.4 Å². The number of rotatable bonds is 62. The van der Waals surface area contributed by atoms with E-state index in [0.717, 1.165) is 89.9 Å². The van der Waals surface area contributed by atoms with Gasteiger partial charge in [-0.25, -0.2) is 0 Å². The van der Waals surface area contributed by atoms with Crippen molar-refractivity contribution in [2.45, 2.75) is 309 Å². The Morgan fingerprint density at radius 2 is 0.756 bits per heavy atom. The minimum Gasteiger partial charge on any atom is -0.756 e. The van der Waals surface area contributed by atoms with Gasteiger partial charge in [0.2, 0.25) is 5.91 Å². The van der Waals surface area contributed by atoms with E-state index in [1.807, 2.05) is 27.2 Å². The van der Waals surface area contributed by atoms with Crippen LogP contribution in [0, 0.1) is 0 Å². The van der Waals surface area contributed by atoms with Gasteiger partial charge in [-0.1, -0.05) is 303 Å². The van der Waals surface area contributed by atoms with Crippen LogP contribution >= 0.6 is 7.82 Å². The molecule has 3 atom stereocenters. The van der Waals surface area contributed by atoms with Gasteiger partial charge in [0, 0.05) is 6.42 Å². The molecule has 0 aromatic heterocycles. The topological polar surface area (TPSA) is 108 Å². The molecule has 0 bridgehead atoms. The van der Waals surface area contributed by atoms with E-state index >= 15 is 0 Å². The number of phosphoric acid groups is 1. The normalized spacial score (nSPS) is 14.4. The number of amides is 1. The van der Waals surface area contributed by atoms with Crippen LogP contribution in [0.25, 0.3) is 0 Å². The van der Waals surface area contributed by atoms with Crippen molar-refractivity contribution in [3.8, 4) is 0 Å². The first-order valence-electron chi connectivity index (χ1n) is 34.2. The highest BCUT2D eigenvalue weighted by Gasteiger charge is 2.23. The van der Waals surface area contributed by atoms with Gasteiger partial charge in [-0.2, -0.15) is 0 Å². The van der Waals surface area contributed by atoms with Crippen LogP contribution in [0.4, 0.5) is 0 Å². The van der Waals surface area contributed by atoms with E-state index in [1.165, 1.54) is 186 Å². The van der Waals surface area contributed by atoms with Gasteiger partial charge in [0.05, 0.1) is 39.9 Å². The Kier molecular flexibility index (Phi) is 60.5. The molecule has 3 unspecified atom stereocenters. The number of hydrogen-bond acceptors (Lipinski definition) is 6. The molecule has 0 aliphatic rings. The molecule has 0 heterocycles. The molecule has 0 aliphatic heterocycles. The third-order valence-corrected chi connectivity index (χ3v) is 15.9. The summed E-state index contributed by atoms with van der Waals surface area (Å²) < 4.78 is 23.4. The molecule has 0 radical (unpaired) electrons. The summed E-state index contributed by atoms with van der Waals surface area (Å²) in [5, 5.41) is 13.9. The number of nitrogens with zero attached hydrogens (tertiary/aromatic N) is 1. The van der Waals surface area contributed by atoms with Gasteiger partial charge >= 0.3 is 0 Å². The van der Waals surface area contributed by atoms with Gasteiger partial charge in [0.1, 0.15) is 13.2 Å². The number of aliphatic hydroxyl groups is 1. The zero-order valence-corrected chi connectivity index (χ0v) is 55.1. The Labute approximate surface area is 508 Å². The molecular formula is C73H131N2O6P. The fraction of sp³-hybridized carbons (Fsp3) is 0.740. The minimum absolute atomic E-state index is 0.0149. The summed E-state index contributed by atoms with van der Waals surface area (Å²) in [5.41, 5.74) is 0. The average Bonchev–Trinajstić information content (AvgIpc) is 3.47. The Bertz CT molecular complexity index is 1700. The molecule has 0 spiro atoms. The highest BCUT2D eigenvalue weighted by Crippen LogP contribution is 2.38. The molecule has 2 N–H and O–H groups in total. The second-order valence-corrected chi connectivity index (χ2v) is 25.5. The third-order valence-electron chi connectivity index (χ3n) is 14.9. The maximum Gasteiger partial charge on any atom is 0.268 e. The molecule has 0 saturated carbocycles. The summed E-state index contributed by atoms with van der Waals surface area (Å²) >= 11 is 0. The number of allylic oxidation sites excluding steroid dienone is 17. The van der Waals surface area contributed by atoms with E-state index in [2.05, 4.69) is 116 Å². The Morgan fingerprint density at radius 3 is 1.13 bits per heavy atom. The van der Waals surface area contributed by atoms with Crippen LogP contribution in [-0.2, 0) is 18.4 Å². The van der Waals surface area contributed by atoms with Gasteiger partial charge in [-0.05, 0) is 96.3 Å². The molecule has 8 nitrogen and oxygen atoms in total. The lowest BCUT2D eigenvalue weighted by molar-refractivity contribution is -0.870. The van der Waals surface area contributed by atoms with Crippen LogP contribution in [0.2, 0.25) is 0 Å². The molecule has 474 valence electrons. The third kappa shape index (κ3) is 64.7. The molecule has 0 rings (SSSR count). The number of hydrogen-bond donors (Lipinski definition) is 2. The minimum atomic E-state index is -4.62. The van der Waals surface area contributed by atoms with E-state index in [-0.39, 0.29) is 12.5 Å². The van der Waals surface area contributed by atoms with Gasteiger partial charge < -0.3 is 28.8 Å². The lowest BCUT2D eigenvalue weighted by Gasteiger charge is -2.29. The van der Waals surface area contributed by atoms with Crippen molar-refractivity contribution in [2.75, 3.05) is 40.9 Å².